The Hall–Kier alpha value is -1.04. The monoisotopic (exact) mass is 205 g/mol. The summed E-state index contributed by atoms with van der Waals surface area (Å²) >= 11 is 0. The maximum absolute atomic E-state index is 12.1. The van der Waals surface area contributed by atoms with Crippen molar-refractivity contribution in [2.75, 3.05) is 6.54 Å². The molecule has 0 unspecified atom stereocenters. The lowest BCUT2D eigenvalue weighted by Crippen LogP contribution is -2.30. The lowest BCUT2D eigenvalue weighted by atomic mass is 10.2. The normalized spacial score (nSPS) is 17.4. The van der Waals surface area contributed by atoms with E-state index in [9.17, 15) is 13.2 Å². The standard InChI is InChI=1S/C8H10F3N3/c1-5-6-2-14(4-8(9,10)11)3-7(6)13-12-5/h2-4H2,1H3,(H,12,13). The highest BCUT2D eigenvalue weighted by atomic mass is 19.4. The minimum atomic E-state index is -4.12. The number of hydrogen-bond acceptors (Lipinski definition) is 2. The van der Waals surface area contributed by atoms with Crippen LogP contribution >= 0.6 is 0 Å². The Labute approximate surface area is 78.9 Å². The molecule has 0 aromatic carbocycles. The van der Waals surface area contributed by atoms with Gasteiger partial charge in [-0.15, -0.1) is 0 Å². The van der Waals surface area contributed by atoms with Crippen LogP contribution in [0, 0.1) is 6.92 Å². The second kappa shape index (κ2) is 2.98. The van der Waals surface area contributed by atoms with Gasteiger partial charge < -0.3 is 0 Å². The highest BCUT2D eigenvalue weighted by Crippen LogP contribution is 2.26. The van der Waals surface area contributed by atoms with E-state index in [1.165, 1.54) is 4.90 Å². The smallest absolute Gasteiger partial charge is 0.285 e. The molecule has 2 rings (SSSR count). The van der Waals surface area contributed by atoms with Crippen LogP contribution in [0.25, 0.3) is 0 Å². The number of nitrogens with zero attached hydrogens (tertiary/aromatic N) is 2. The van der Waals surface area contributed by atoms with E-state index < -0.39 is 12.7 Å². The van der Waals surface area contributed by atoms with Crippen LogP contribution in [-0.2, 0) is 13.1 Å². The summed E-state index contributed by atoms with van der Waals surface area (Å²) < 4.78 is 36.2. The molecule has 1 aromatic rings. The zero-order valence-electron chi connectivity index (χ0n) is 7.65. The van der Waals surface area contributed by atoms with E-state index >= 15 is 0 Å². The summed E-state index contributed by atoms with van der Waals surface area (Å²) in [6.07, 6.45) is -4.12. The topological polar surface area (TPSA) is 31.9 Å². The van der Waals surface area contributed by atoms with Gasteiger partial charge in [0.1, 0.15) is 0 Å². The number of aryl methyl sites for hydroxylation is 1. The second-order valence-electron chi connectivity index (χ2n) is 3.53. The van der Waals surface area contributed by atoms with Crippen LogP contribution in [0.15, 0.2) is 0 Å². The van der Waals surface area contributed by atoms with Gasteiger partial charge in [-0.05, 0) is 6.92 Å². The number of fused-ring (bicyclic) bond motifs is 1. The van der Waals surface area contributed by atoms with Crippen molar-refractivity contribution in [3.8, 4) is 0 Å². The van der Waals surface area contributed by atoms with Gasteiger partial charge in [0.15, 0.2) is 0 Å². The van der Waals surface area contributed by atoms with Crippen molar-refractivity contribution in [2.24, 2.45) is 0 Å². The van der Waals surface area contributed by atoms with Crippen LogP contribution in [0.2, 0.25) is 0 Å². The van der Waals surface area contributed by atoms with Gasteiger partial charge in [-0.25, -0.2) is 0 Å². The van der Waals surface area contributed by atoms with E-state index in [0.717, 1.165) is 17.0 Å². The van der Waals surface area contributed by atoms with Crippen molar-refractivity contribution in [1.82, 2.24) is 15.1 Å². The van der Waals surface area contributed by atoms with Crippen LogP contribution in [-0.4, -0.2) is 27.8 Å². The average Bonchev–Trinajstić information content (AvgIpc) is 2.51. The van der Waals surface area contributed by atoms with E-state index in [-0.39, 0.29) is 0 Å². The third kappa shape index (κ3) is 1.75. The summed E-state index contributed by atoms with van der Waals surface area (Å²) in [5.74, 6) is 0. The van der Waals surface area contributed by atoms with E-state index in [2.05, 4.69) is 10.2 Å². The Bertz CT molecular complexity index is 342. The highest BCUT2D eigenvalue weighted by Gasteiger charge is 2.34. The predicted octanol–water partition coefficient (Wildman–Crippen LogP) is 1.60. The number of H-pyrrole nitrogens is 1. The van der Waals surface area contributed by atoms with Gasteiger partial charge >= 0.3 is 6.18 Å². The predicted molar refractivity (Wildman–Crippen MR) is 43.5 cm³/mol. The zero-order chi connectivity index (χ0) is 10.3. The second-order valence-corrected chi connectivity index (χ2v) is 3.53. The third-order valence-electron chi connectivity index (χ3n) is 2.32. The molecular weight excluding hydrogens is 195 g/mol. The van der Waals surface area contributed by atoms with Crippen molar-refractivity contribution in [1.29, 1.82) is 0 Å². The first-order chi connectivity index (χ1) is 6.46. The lowest BCUT2D eigenvalue weighted by molar-refractivity contribution is -0.147. The van der Waals surface area contributed by atoms with E-state index in [4.69, 9.17) is 0 Å². The van der Waals surface area contributed by atoms with Gasteiger partial charge in [0.05, 0.1) is 12.2 Å². The molecule has 0 fully saturated rings. The minimum Gasteiger partial charge on any atom is -0.285 e. The molecular formula is C8H10F3N3. The average molecular weight is 205 g/mol. The first-order valence-electron chi connectivity index (χ1n) is 4.27. The van der Waals surface area contributed by atoms with Crippen molar-refractivity contribution in [2.45, 2.75) is 26.2 Å². The molecule has 0 spiro atoms. The molecule has 14 heavy (non-hydrogen) atoms. The molecule has 0 radical (unpaired) electrons. The third-order valence-corrected chi connectivity index (χ3v) is 2.32. The molecule has 6 heteroatoms. The molecule has 0 atom stereocenters. The van der Waals surface area contributed by atoms with Gasteiger partial charge in [-0.1, -0.05) is 0 Å². The summed E-state index contributed by atoms with van der Waals surface area (Å²) in [4.78, 5) is 1.35. The molecule has 3 nitrogen and oxygen atoms in total. The van der Waals surface area contributed by atoms with Crippen molar-refractivity contribution >= 4 is 0 Å². The Balaban J connectivity index is 2.05. The highest BCUT2D eigenvalue weighted by molar-refractivity contribution is 5.27. The SMILES string of the molecule is Cc1[nH]nc2c1CN(CC(F)(F)F)C2. The molecule has 78 valence electrons. The molecule has 1 aliphatic rings. The number of hydrogen-bond donors (Lipinski definition) is 1. The van der Waals surface area contributed by atoms with Crippen LogP contribution < -0.4 is 0 Å². The van der Waals surface area contributed by atoms with Gasteiger partial charge in [0.2, 0.25) is 0 Å². The molecule has 1 aliphatic heterocycles. The Morgan fingerprint density at radius 3 is 2.71 bits per heavy atom. The Kier molecular flexibility index (Phi) is 2.02. The number of rotatable bonds is 1. The molecule has 1 aromatic heterocycles. The first-order valence-corrected chi connectivity index (χ1v) is 4.27. The molecule has 2 heterocycles. The van der Waals surface area contributed by atoms with Crippen LogP contribution in [0.4, 0.5) is 13.2 Å². The Morgan fingerprint density at radius 1 is 1.43 bits per heavy atom. The molecule has 0 bridgehead atoms. The van der Waals surface area contributed by atoms with Gasteiger partial charge in [-0.2, -0.15) is 18.3 Å². The zero-order valence-corrected chi connectivity index (χ0v) is 7.65. The fourth-order valence-electron chi connectivity index (χ4n) is 1.70. The number of nitrogens with one attached hydrogen (secondary N) is 1. The molecule has 0 saturated carbocycles. The maximum atomic E-state index is 12.1. The lowest BCUT2D eigenvalue weighted by Gasteiger charge is -2.16. The molecule has 1 N–H and O–H groups in total. The Morgan fingerprint density at radius 2 is 2.14 bits per heavy atom. The number of alkyl halides is 3. The maximum Gasteiger partial charge on any atom is 0.401 e. The van der Waals surface area contributed by atoms with E-state index in [0.29, 0.717) is 13.1 Å². The van der Waals surface area contributed by atoms with Crippen LogP contribution in [0.3, 0.4) is 0 Å². The summed E-state index contributed by atoms with van der Waals surface area (Å²) in [6.45, 7) is 1.60. The fraction of sp³-hybridized carbons (Fsp3) is 0.625. The van der Waals surface area contributed by atoms with Crippen molar-refractivity contribution in [3.63, 3.8) is 0 Å². The summed E-state index contributed by atoms with van der Waals surface area (Å²) in [5.41, 5.74) is 2.52. The number of halogens is 3. The van der Waals surface area contributed by atoms with Crippen molar-refractivity contribution in [3.05, 3.63) is 17.0 Å². The largest absolute Gasteiger partial charge is 0.401 e. The van der Waals surface area contributed by atoms with Gasteiger partial charge in [0.25, 0.3) is 0 Å². The minimum absolute atomic E-state index is 0.291. The summed E-state index contributed by atoms with van der Waals surface area (Å²) in [7, 11) is 0. The van der Waals surface area contributed by atoms with Gasteiger partial charge in [0, 0.05) is 24.3 Å². The van der Waals surface area contributed by atoms with Crippen molar-refractivity contribution < 1.29 is 13.2 Å². The fourth-order valence-corrected chi connectivity index (χ4v) is 1.70. The summed E-state index contributed by atoms with van der Waals surface area (Å²) in [5, 5.41) is 6.71. The van der Waals surface area contributed by atoms with Crippen LogP contribution in [0.1, 0.15) is 17.0 Å². The molecule has 0 aliphatic carbocycles. The molecule has 0 saturated heterocycles. The van der Waals surface area contributed by atoms with Gasteiger partial charge in [-0.3, -0.25) is 10.00 Å². The summed E-state index contributed by atoms with van der Waals surface area (Å²) in [6, 6.07) is 0. The van der Waals surface area contributed by atoms with E-state index in [1.54, 1.807) is 0 Å². The number of aromatic nitrogens is 2. The van der Waals surface area contributed by atoms with Crippen LogP contribution in [0.5, 0.6) is 0 Å². The first kappa shape index (κ1) is 9.51. The van der Waals surface area contributed by atoms with E-state index in [1.807, 2.05) is 6.92 Å². The molecule has 0 amide bonds. The quantitative estimate of drug-likeness (QED) is 0.755. The number of aromatic amines is 1.